The van der Waals surface area contributed by atoms with Gasteiger partial charge in [0, 0.05) is 6.54 Å². The second-order valence-corrected chi connectivity index (χ2v) is 3.51. The van der Waals surface area contributed by atoms with Gasteiger partial charge in [0.1, 0.15) is 12.6 Å². The quantitative estimate of drug-likeness (QED) is 0.586. The first-order chi connectivity index (χ1) is 7.74. The molecular weight excluding hydrogens is 202 g/mol. The third-order valence-corrected chi connectivity index (χ3v) is 2.15. The molecule has 3 heteroatoms. The van der Waals surface area contributed by atoms with E-state index in [2.05, 4.69) is 11.9 Å². The third kappa shape index (κ3) is 4.28. The molecule has 0 aliphatic heterocycles. The van der Waals surface area contributed by atoms with Crippen LogP contribution in [0.1, 0.15) is 12.5 Å². The molecule has 86 valence electrons. The van der Waals surface area contributed by atoms with E-state index in [4.69, 9.17) is 4.74 Å². The number of carbonyl (C=O) groups excluding carboxylic acids is 1. The number of ether oxygens (including phenoxy) is 1. The fourth-order valence-corrected chi connectivity index (χ4v) is 1.20. The lowest BCUT2D eigenvalue weighted by Crippen LogP contribution is -2.35. The predicted octanol–water partition coefficient (Wildman–Crippen LogP) is 1.89. The van der Waals surface area contributed by atoms with E-state index in [1.807, 2.05) is 30.3 Å². The van der Waals surface area contributed by atoms with E-state index < -0.39 is 0 Å². The van der Waals surface area contributed by atoms with Gasteiger partial charge in [-0.05, 0) is 12.5 Å². The second kappa shape index (κ2) is 6.80. The van der Waals surface area contributed by atoms with Gasteiger partial charge in [-0.25, -0.2) is 0 Å². The summed E-state index contributed by atoms with van der Waals surface area (Å²) in [5, 5.41) is 2.98. The van der Waals surface area contributed by atoms with Crippen molar-refractivity contribution in [3.63, 3.8) is 0 Å². The van der Waals surface area contributed by atoms with Gasteiger partial charge in [0.15, 0.2) is 0 Å². The van der Waals surface area contributed by atoms with Gasteiger partial charge < -0.3 is 10.1 Å². The molecule has 16 heavy (non-hydrogen) atoms. The van der Waals surface area contributed by atoms with Gasteiger partial charge in [0.25, 0.3) is 0 Å². The largest absolute Gasteiger partial charge is 0.460 e. The highest BCUT2D eigenvalue weighted by atomic mass is 16.5. The number of hydrogen-bond acceptors (Lipinski definition) is 3. The maximum Gasteiger partial charge on any atom is 0.323 e. The standard InChI is InChI=1S/C13H17NO2/c1-3-9-14-11(2)13(15)16-10-12-7-5-4-6-8-12/h3-8,11,14H,1,9-10H2,2H3. The van der Waals surface area contributed by atoms with Crippen molar-refractivity contribution < 1.29 is 9.53 Å². The van der Waals surface area contributed by atoms with Crippen LogP contribution in [0.15, 0.2) is 43.0 Å². The lowest BCUT2D eigenvalue weighted by atomic mass is 10.2. The van der Waals surface area contributed by atoms with Crippen molar-refractivity contribution in [2.24, 2.45) is 0 Å². The summed E-state index contributed by atoms with van der Waals surface area (Å²) >= 11 is 0. The van der Waals surface area contributed by atoms with Crippen molar-refractivity contribution in [3.05, 3.63) is 48.6 Å². The Morgan fingerprint density at radius 2 is 2.19 bits per heavy atom. The lowest BCUT2D eigenvalue weighted by Gasteiger charge is -2.11. The fraction of sp³-hybridized carbons (Fsp3) is 0.308. The van der Waals surface area contributed by atoms with Crippen molar-refractivity contribution in [1.82, 2.24) is 5.32 Å². The second-order valence-electron chi connectivity index (χ2n) is 3.51. The topological polar surface area (TPSA) is 38.3 Å². The molecule has 0 spiro atoms. The molecule has 0 aromatic heterocycles. The maximum atomic E-state index is 11.5. The van der Waals surface area contributed by atoms with Crippen molar-refractivity contribution >= 4 is 5.97 Å². The molecule has 1 aromatic rings. The van der Waals surface area contributed by atoms with E-state index >= 15 is 0 Å². The van der Waals surface area contributed by atoms with Gasteiger partial charge in [-0.1, -0.05) is 36.4 Å². The van der Waals surface area contributed by atoms with Crippen LogP contribution in [-0.2, 0) is 16.1 Å². The van der Waals surface area contributed by atoms with E-state index in [-0.39, 0.29) is 12.0 Å². The van der Waals surface area contributed by atoms with Crippen molar-refractivity contribution in [3.8, 4) is 0 Å². The molecule has 1 rings (SSSR count). The molecule has 1 aromatic carbocycles. The molecule has 0 saturated carbocycles. The fourth-order valence-electron chi connectivity index (χ4n) is 1.20. The normalized spacial score (nSPS) is 11.8. The zero-order valence-corrected chi connectivity index (χ0v) is 9.48. The Hall–Kier alpha value is -1.61. The highest BCUT2D eigenvalue weighted by Gasteiger charge is 2.12. The molecule has 0 heterocycles. The number of esters is 1. The minimum Gasteiger partial charge on any atom is -0.460 e. The van der Waals surface area contributed by atoms with Crippen LogP contribution < -0.4 is 5.32 Å². The first-order valence-electron chi connectivity index (χ1n) is 5.29. The van der Waals surface area contributed by atoms with Crippen LogP contribution >= 0.6 is 0 Å². The van der Waals surface area contributed by atoms with E-state index in [1.54, 1.807) is 13.0 Å². The highest BCUT2D eigenvalue weighted by molar-refractivity contribution is 5.75. The number of hydrogen-bond donors (Lipinski definition) is 1. The van der Waals surface area contributed by atoms with E-state index in [1.165, 1.54) is 0 Å². The minimum atomic E-state index is -0.304. The number of nitrogens with one attached hydrogen (secondary N) is 1. The molecule has 0 bridgehead atoms. The van der Waals surface area contributed by atoms with Gasteiger partial charge in [-0.3, -0.25) is 4.79 Å². The van der Waals surface area contributed by atoms with Gasteiger partial charge >= 0.3 is 5.97 Å². The molecule has 0 saturated heterocycles. The van der Waals surface area contributed by atoms with E-state index in [0.717, 1.165) is 5.56 Å². The Morgan fingerprint density at radius 1 is 1.50 bits per heavy atom. The average Bonchev–Trinajstić information content (AvgIpc) is 2.34. The summed E-state index contributed by atoms with van der Waals surface area (Å²) in [5.74, 6) is -0.245. The Bertz CT molecular complexity index is 335. The highest BCUT2D eigenvalue weighted by Crippen LogP contribution is 2.01. The van der Waals surface area contributed by atoms with Crippen LogP contribution in [-0.4, -0.2) is 18.6 Å². The van der Waals surface area contributed by atoms with E-state index in [9.17, 15) is 4.79 Å². The Balaban J connectivity index is 2.32. The Labute approximate surface area is 96.1 Å². The minimum absolute atomic E-state index is 0.245. The number of carbonyl (C=O) groups is 1. The van der Waals surface area contributed by atoms with Crippen LogP contribution in [0, 0.1) is 0 Å². The molecule has 0 amide bonds. The smallest absolute Gasteiger partial charge is 0.323 e. The summed E-state index contributed by atoms with van der Waals surface area (Å²) in [7, 11) is 0. The van der Waals surface area contributed by atoms with Crippen LogP contribution in [0.3, 0.4) is 0 Å². The van der Waals surface area contributed by atoms with Gasteiger partial charge in [-0.2, -0.15) is 0 Å². The van der Waals surface area contributed by atoms with Crippen molar-refractivity contribution in [1.29, 1.82) is 0 Å². The van der Waals surface area contributed by atoms with Gasteiger partial charge in [0.2, 0.25) is 0 Å². The zero-order valence-electron chi connectivity index (χ0n) is 9.48. The average molecular weight is 219 g/mol. The Kier molecular flexibility index (Phi) is 5.29. The summed E-state index contributed by atoms with van der Waals surface area (Å²) < 4.78 is 5.15. The molecule has 0 fully saturated rings. The monoisotopic (exact) mass is 219 g/mol. The Morgan fingerprint density at radius 3 is 2.81 bits per heavy atom. The summed E-state index contributed by atoms with van der Waals surface area (Å²) in [5.41, 5.74) is 0.992. The summed E-state index contributed by atoms with van der Waals surface area (Å²) in [6.45, 7) is 6.26. The molecule has 1 unspecified atom stereocenters. The van der Waals surface area contributed by atoms with Crippen molar-refractivity contribution in [2.75, 3.05) is 6.54 Å². The predicted molar refractivity (Wildman–Crippen MR) is 63.9 cm³/mol. The van der Waals surface area contributed by atoms with E-state index in [0.29, 0.717) is 13.2 Å². The first kappa shape index (κ1) is 12.5. The molecule has 1 N–H and O–H groups in total. The van der Waals surface area contributed by atoms with Crippen LogP contribution in [0.5, 0.6) is 0 Å². The number of benzene rings is 1. The lowest BCUT2D eigenvalue weighted by molar-refractivity contribution is -0.146. The summed E-state index contributed by atoms with van der Waals surface area (Å²) in [4.78, 5) is 11.5. The first-order valence-corrected chi connectivity index (χ1v) is 5.29. The molecule has 1 atom stereocenters. The zero-order chi connectivity index (χ0) is 11.8. The molecule has 0 radical (unpaired) electrons. The molecular formula is C13H17NO2. The number of rotatable bonds is 6. The SMILES string of the molecule is C=CCNC(C)C(=O)OCc1ccccc1. The third-order valence-electron chi connectivity index (χ3n) is 2.15. The summed E-state index contributed by atoms with van der Waals surface area (Å²) in [6, 6.07) is 9.32. The molecule has 0 aliphatic rings. The molecule has 0 aliphatic carbocycles. The van der Waals surface area contributed by atoms with Gasteiger partial charge in [0.05, 0.1) is 0 Å². The summed E-state index contributed by atoms with van der Waals surface area (Å²) in [6.07, 6.45) is 1.71. The maximum absolute atomic E-state index is 11.5. The van der Waals surface area contributed by atoms with Crippen molar-refractivity contribution in [2.45, 2.75) is 19.6 Å². The van der Waals surface area contributed by atoms with Gasteiger partial charge in [-0.15, -0.1) is 6.58 Å². The van der Waals surface area contributed by atoms with Crippen LogP contribution in [0.4, 0.5) is 0 Å². The van der Waals surface area contributed by atoms with Crippen LogP contribution in [0.2, 0.25) is 0 Å². The van der Waals surface area contributed by atoms with Crippen LogP contribution in [0.25, 0.3) is 0 Å². The molecule has 3 nitrogen and oxygen atoms in total.